The molecular weight excluding hydrogens is 272 g/mol. The number of piperazine rings is 1. The van der Waals surface area contributed by atoms with Gasteiger partial charge in [0.15, 0.2) is 0 Å². The highest BCUT2D eigenvalue weighted by molar-refractivity contribution is 7.99. The van der Waals surface area contributed by atoms with Gasteiger partial charge in [0.05, 0.1) is 0 Å². The summed E-state index contributed by atoms with van der Waals surface area (Å²) in [5, 5.41) is 2.80. The van der Waals surface area contributed by atoms with Crippen molar-refractivity contribution in [3.05, 3.63) is 29.8 Å². The van der Waals surface area contributed by atoms with Gasteiger partial charge in [0.25, 0.3) is 5.91 Å². The number of nitrogens with one attached hydrogen (secondary N) is 1. The summed E-state index contributed by atoms with van der Waals surface area (Å²) in [7, 11) is 0. The maximum absolute atomic E-state index is 12.7. The van der Waals surface area contributed by atoms with Crippen molar-refractivity contribution in [3.63, 3.8) is 0 Å². The fourth-order valence-corrected chi connectivity index (χ4v) is 3.01. The molecule has 20 heavy (non-hydrogen) atoms. The summed E-state index contributed by atoms with van der Waals surface area (Å²) in [5.41, 5.74) is -0.158. The molecule has 0 atom stereocenters. The van der Waals surface area contributed by atoms with Crippen molar-refractivity contribution in [1.82, 2.24) is 10.2 Å². The van der Waals surface area contributed by atoms with Crippen LogP contribution >= 0.6 is 11.8 Å². The lowest BCUT2D eigenvalue weighted by atomic mass is 9.97. The molecule has 1 aliphatic rings. The van der Waals surface area contributed by atoms with Gasteiger partial charge >= 0.3 is 0 Å². The van der Waals surface area contributed by atoms with E-state index in [0.29, 0.717) is 18.7 Å². The zero-order valence-corrected chi connectivity index (χ0v) is 12.9. The molecule has 0 unspecified atom stereocenters. The van der Waals surface area contributed by atoms with Crippen molar-refractivity contribution >= 4 is 23.6 Å². The van der Waals surface area contributed by atoms with Crippen LogP contribution < -0.4 is 5.32 Å². The zero-order valence-electron chi connectivity index (χ0n) is 12.1. The lowest BCUT2D eigenvalue weighted by Gasteiger charge is -2.41. The molecule has 0 aromatic heterocycles. The van der Waals surface area contributed by atoms with E-state index in [9.17, 15) is 9.59 Å². The van der Waals surface area contributed by atoms with Crippen LogP contribution in [0.15, 0.2) is 29.2 Å². The monoisotopic (exact) mass is 292 g/mol. The fraction of sp³-hybridized carbons (Fsp3) is 0.467. The second-order valence-corrected chi connectivity index (χ2v) is 6.57. The molecule has 1 saturated heterocycles. The van der Waals surface area contributed by atoms with Crippen LogP contribution in [0.3, 0.4) is 0 Å². The Morgan fingerprint density at radius 1 is 1.45 bits per heavy atom. The van der Waals surface area contributed by atoms with Crippen LogP contribution in [0.1, 0.15) is 31.1 Å². The van der Waals surface area contributed by atoms with Gasteiger partial charge in [0, 0.05) is 23.5 Å². The number of carbonyl (C=O) groups is 2. The number of benzene rings is 1. The van der Waals surface area contributed by atoms with E-state index in [1.807, 2.05) is 24.3 Å². The average molecular weight is 292 g/mol. The first-order valence-corrected chi connectivity index (χ1v) is 7.78. The number of nitrogens with zero attached hydrogens (tertiary/aromatic N) is 1. The predicted molar refractivity (Wildman–Crippen MR) is 81.0 cm³/mol. The largest absolute Gasteiger partial charge is 0.352 e. The van der Waals surface area contributed by atoms with E-state index < -0.39 is 5.54 Å². The van der Waals surface area contributed by atoms with E-state index >= 15 is 0 Å². The second kappa shape index (κ2) is 5.87. The predicted octanol–water partition coefficient (Wildman–Crippen LogP) is 2.15. The van der Waals surface area contributed by atoms with Crippen molar-refractivity contribution < 1.29 is 9.59 Å². The molecule has 4 nitrogen and oxygen atoms in total. The van der Waals surface area contributed by atoms with Crippen molar-refractivity contribution in [2.45, 2.75) is 31.2 Å². The van der Waals surface area contributed by atoms with Crippen molar-refractivity contribution in [2.75, 3.05) is 18.8 Å². The molecule has 0 radical (unpaired) electrons. The normalized spacial score (nSPS) is 17.8. The minimum Gasteiger partial charge on any atom is -0.352 e. The molecule has 0 bridgehead atoms. The Bertz CT molecular complexity index is 528. The molecule has 5 heteroatoms. The highest BCUT2D eigenvalue weighted by atomic mass is 32.2. The van der Waals surface area contributed by atoms with Crippen LogP contribution in [0.2, 0.25) is 0 Å². The van der Waals surface area contributed by atoms with Crippen LogP contribution in [-0.4, -0.2) is 41.1 Å². The minimum atomic E-state index is -0.802. The highest BCUT2D eigenvalue weighted by Gasteiger charge is 2.40. The Morgan fingerprint density at radius 2 is 2.20 bits per heavy atom. The lowest BCUT2D eigenvalue weighted by Crippen LogP contribution is -2.63. The molecule has 0 spiro atoms. The van der Waals surface area contributed by atoms with Crippen molar-refractivity contribution in [1.29, 1.82) is 0 Å². The van der Waals surface area contributed by atoms with E-state index in [2.05, 4.69) is 12.2 Å². The Hall–Kier alpha value is -1.49. The van der Waals surface area contributed by atoms with Gasteiger partial charge in [0.1, 0.15) is 5.54 Å². The van der Waals surface area contributed by atoms with Crippen LogP contribution in [-0.2, 0) is 4.79 Å². The maximum Gasteiger partial charge on any atom is 0.254 e. The SMILES string of the molecule is CCSc1cccc(C(=O)N2CCNC(=O)C2(C)C)c1. The first-order chi connectivity index (χ1) is 9.46. The third kappa shape index (κ3) is 2.82. The van der Waals surface area contributed by atoms with Crippen LogP contribution in [0.5, 0.6) is 0 Å². The van der Waals surface area contributed by atoms with Gasteiger partial charge in [-0.05, 0) is 37.8 Å². The standard InChI is InChI=1S/C15H20N2O2S/c1-4-20-12-7-5-6-11(10-12)13(18)17-9-8-16-14(19)15(17,2)3/h5-7,10H,4,8-9H2,1-3H3,(H,16,19). The molecule has 0 aliphatic carbocycles. The molecule has 0 saturated carbocycles. The van der Waals surface area contributed by atoms with Gasteiger partial charge in [-0.1, -0.05) is 13.0 Å². The Kier molecular flexibility index (Phi) is 4.38. The minimum absolute atomic E-state index is 0.0802. The summed E-state index contributed by atoms with van der Waals surface area (Å²) < 4.78 is 0. The van der Waals surface area contributed by atoms with Crippen LogP contribution in [0.25, 0.3) is 0 Å². The van der Waals surface area contributed by atoms with Gasteiger partial charge < -0.3 is 10.2 Å². The van der Waals surface area contributed by atoms with E-state index in [1.165, 1.54) is 0 Å². The van der Waals surface area contributed by atoms with Gasteiger partial charge in [-0.25, -0.2) is 0 Å². The molecule has 108 valence electrons. The number of hydrogen-bond acceptors (Lipinski definition) is 3. The van der Waals surface area contributed by atoms with Gasteiger partial charge in [0.2, 0.25) is 5.91 Å². The summed E-state index contributed by atoms with van der Waals surface area (Å²) >= 11 is 1.70. The van der Waals surface area contributed by atoms with E-state index in [1.54, 1.807) is 30.5 Å². The first-order valence-electron chi connectivity index (χ1n) is 6.80. The van der Waals surface area contributed by atoms with Gasteiger partial charge in [-0.3, -0.25) is 9.59 Å². The number of hydrogen-bond donors (Lipinski definition) is 1. The summed E-state index contributed by atoms with van der Waals surface area (Å²) in [6.45, 7) is 6.70. The van der Waals surface area contributed by atoms with Crippen molar-refractivity contribution in [2.24, 2.45) is 0 Å². The fourth-order valence-electron chi connectivity index (χ4n) is 2.30. The molecule has 1 aromatic carbocycles. The van der Waals surface area contributed by atoms with Crippen molar-refractivity contribution in [3.8, 4) is 0 Å². The maximum atomic E-state index is 12.7. The highest BCUT2D eigenvalue weighted by Crippen LogP contribution is 2.23. The van der Waals surface area contributed by atoms with Crippen LogP contribution in [0.4, 0.5) is 0 Å². The molecule has 2 rings (SSSR count). The first kappa shape index (κ1) is 14.9. The number of carbonyl (C=O) groups excluding carboxylic acids is 2. The topological polar surface area (TPSA) is 49.4 Å². The molecular formula is C15H20N2O2S. The molecule has 1 fully saturated rings. The van der Waals surface area contributed by atoms with E-state index in [4.69, 9.17) is 0 Å². The third-order valence-corrected chi connectivity index (χ3v) is 4.36. The van der Waals surface area contributed by atoms with Gasteiger partial charge in [-0.2, -0.15) is 0 Å². The number of amides is 2. The third-order valence-electron chi connectivity index (χ3n) is 3.49. The number of rotatable bonds is 3. The molecule has 2 amide bonds. The van der Waals surface area contributed by atoms with Gasteiger partial charge in [-0.15, -0.1) is 11.8 Å². The smallest absolute Gasteiger partial charge is 0.254 e. The lowest BCUT2D eigenvalue weighted by molar-refractivity contribution is -0.133. The van der Waals surface area contributed by atoms with E-state index in [0.717, 1.165) is 10.6 Å². The Labute approximate surface area is 123 Å². The molecule has 1 N–H and O–H groups in total. The number of thioether (sulfide) groups is 1. The summed E-state index contributed by atoms with van der Waals surface area (Å²) in [6.07, 6.45) is 0. The zero-order chi connectivity index (χ0) is 14.8. The van der Waals surface area contributed by atoms with Crippen LogP contribution in [0, 0.1) is 0 Å². The Morgan fingerprint density at radius 3 is 2.90 bits per heavy atom. The molecule has 1 heterocycles. The summed E-state index contributed by atoms with van der Waals surface area (Å²) in [6, 6.07) is 7.60. The quantitative estimate of drug-likeness (QED) is 0.869. The summed E-state index contributed by atoms with van der Waals surface area (Å²) in [4.78, 5) is 27.3. The Balaban J connectivity index is 2.26. The summed E-state index contributed by atoms with van der Waals surface area (Å²) in [5.74, 6) is 0.787. The second-order valence-electron chi connectivity index (χ2n) is 5.23. The molecule has 1 aliphatic heterocycles. The average Bonchev–Trinajstić information content (AvgIpc) is 2.42. The van der Waals surface area contributed by atoms with E-state index in [-0.39, 0.29) is 11.8 Å². The molecule has 1 aromatic rings.